The zero-order valence-electron chi connectivity index (χ0n) is 34.8. The molecule has 15 heteroatoms. The molecule has 2 aromatic heterocycles. The van der Waals surface area contributed by atoms with Crippen molar-refractivity contribution < 1.29 is 28.7 Å². The molecule has 2 saturated heterocycles. The van der Waals surface area contributed by atoms with Crippen molar-refractivity contribution in [1.82, 2.24) is 40.4 Å². The number of nitrogens with zero attached hydrogens (tertiary/aromatic N) is 4. The maximum atomic E-state index is 14.0. The van der Waals surface area contributed by atoms with E-state index in [2.05, 4.69) is 51.8 Å². The highest BCUT2D eigenvalue weighted by Gasteiger charge is 2.45. The summed E-state index contributed by atoms with van der Waals surface area (Å²) in [6.07, 6.45) is 1.02. The number of likely N-dealkylation sites (tertiary alicyclic amines) is 2. The molecular weight excluding hydrogens is 772 g/mol. The lowest BCUT2D eigenvalue weighted by atomic mass is 9.99. The van der Waals surface area contributed by atoms with Gasteiger partial charge in [0.1, 0.15) is 34.6 Å². The number of benzene rings is 3. The molecule has 4 heterocycles. The maximum Gasteiger partial charge on any atom is 0.407 e. The van der Waals surface area contributed by atoms with Gasteiger partial charge in [-0.25, -0.2) is 19.6 Å². The first-order valence-corrected chi connectivity index (χ1v) is 20.7. The summed E-state index contributed by atoms with van der Waals surface area (Å²) < 4.78 is 9.59. The van der Waals surface area contributed by atoms with E-state index in [9.17, 15) is 19.2 Å². The van der Waals surface area contributed by atoms with Gasteiger partial charge in [-0.2, -0.15) is 0 Å². The molecule has 7 rings (SSSR count). The molecule has 0 bridgehead atoms. The number of fused-ring (bicyclic) bond motifs is 3. The Balaban J connectivity index is 1.11. The van der Waals surface area contributed by atoms with Crippen LogP contribution in [0.5, 0.6) is 0 Å². The standard InChI is InChI=1S/C44H53ClN8O6/c1-22(2)34(49-43(56)58-7)41(54)52-19-9-10-32(52)39-46-31-18-16-29-21-28(15-17-30(29)37(31)48-39)26-11-13-27(14-12-26)36-38(45)51-40(47-36)33-20-24(5)25(6)53(33)42(55)35(23(3)4)50-44(57)59-8/h11-18,21-25,32-35H,9-10,19-20H2,1-8H3,(H,46,48)(H,47,51)(H,49,56)(H,50,57)/t24-,25-,32+,33+,34+,35+/m1/s1. The number of halogens is 1. The van der Waals surface area contributed by atoms with Crippen LogP contribution in [0.2, 0.25) is 5.15 Å². The minimum absolute atomic E-state index is 0.0814. The topological polar surface area (TPSA) is 175 Å². The number of ether oxygens (including phenoxy) is 2. The maximum absolute atomic E-state index is 14.0. The summed E-state index contributed by atoms with van der Waals surface area (Å²) in [4.78, 5) is 72.2. The predicted molar refractivity (Wildman–Crippen MR) is 226 cm³/mol. The Kier molecular flexibility index (Phi) is 11.9. The van der Waals surface area contributed by atoms with E-state index >= 15 is 0 Å². The molecule has 312 valence electrons. The number of methoxy groups -OCH3 is 2. The molecule has 3 aromatic carbocycles. The molecule has 0 aliphatic carbocycles. The zero-order chi connectivity index (χ0) is 42.3. The molecule has 0 radical (unpaired) electrons. The van der Waals surface area contributed by atoms with Gasteiger partial charge in [0.2, 0.25) is 11.8 Å². The quantitative estimate of drug-likeness (QED) is 0.109. The fourth-order valence-corrected chi connectivity index (χ4v) is 8.82. The van der Waals surface area contributed by atoms with Gasteiger partial charge < -0.3 is 39.9 Å². The second-order valence-corrected chi connectivity index (χ2v) is 16.9. The number of amides is 4. The molecule has 0 spiro atoms. The first kappa shape index (κ1) is 41.5. The van der Waals surface area contributed by atoms with E-state index in [0.29, 0.717) is 29.6 Å². The van der Waals surface area contributed by atoms with Gasteiger partial charge in [-0.05, 0) is 72.6 Å². The van der Waals surface area contributed by atoms with E-state index < -0.39 is 24.3 Å². The number of hydrogen-bond acceptors (Lipinski definition) is 8. The van der Waals surface area contributed by atoms with E-state index in [4.69, 9.17) is 31.0 Å². The summed E-state index contributed by atoms with van der Waals surface area (Å²) in [7, 11) is 2.57. The highest BCUT2D eigenvalue weighted by Crippen LogP contribution is 2.42. The minimum Gasteiger partial charge on any atom is -0.453 e. The van der Waals surface area contributed by atoms with Crippen molar-refractivity contribution in [3.8, 4) is 22.4 Å². The smallest absolute Gasteiger partial charge is 0.407 e. The number of H-pyrrole nitrogens is 2. The number of alkyl carbamates (subject to hydrolysis) is 2. The van der Waals surface area contributed by atoms with E-state index in [1.165, 1.54) is 14.2 Å². The summed E-state index contributed by atoms with van der Waals surface area (Å²) in [5, 5.41) is 7.84. The molecule has 4 amide bonds. The highest BCUT2D eigenvalue weighted by molar-refractivity contribution is 6.32. The summed E-state index contributed by atoms with van der Waals surface area (Å²) in [6.45, 7) is 12.3. The molecule has 2 aliphatic heterocycles. The largest absolute Gasteiger partial charge is 0.453 e. The molecule has 59 heavy (non-hydrogen) atoms. The Bertz CT molecular complexity index is 2370. The van der Waals surface area contributed by atoms with Gasteiger partial charge in [-0.15, -0.1) is 0 Å². The van der Waals surface area contributed by atoms with Crippen molar-refractivity contribution in [2.45, 2.75) is 91.0 Å². The number of imidazole rings is 2. The lowest BCUT2D eigenvalue weighted by molar-refractivity contribution is -0.137. The minimum atomic E-state index is -0.755. The first-order valence-electron chi connectivity index (χ1n) is 20.3. The van der Waals surface area contributed by atoms with Crippen LogP contribution in [0.3, 0.4) is 0 Å². The number of aromatic nitrogens is 4. The van der Waals surface area contributed by atoms with Gasteiger partial charge in [0.15, 0.2) is 0 Å². The molecule has 2 aliphatic rings. The molecule has 0 unspecified atom stereocenters. The molecule has 0 saturated carbocycles. The fourth-order valence-electron chi connectivity index (χ4n) is 8.57. The summed E-state index contributed by atoms with van der Waals surface area (Å²) >= 11 is 6.80. The Labute approximate surface area is 348 Å². The number of carbonyl (C=O) groups is 4. The Hall–Kier alpha value is -5.63. The van der Waals surface area contributed by atoms with E-state index in [-0.39, 0.29) is 47.7 Å². The lowest BCUT2D eigenvalue weighted by Gasteiger charge is -2.33. The van der Waals surface area contributed by atoms with Crippen molar-refractivity contribution in [3.63, 3.8) is 0 Å². The molecule has 5 aromatic rings. The van der Waals surface area contributed by atoms with E-state index in [0.717, 1.165) is 57.2 Å². The van der Waals surface area contributed by atoms with Gasteiger partial charge in [-0.3, -0.25) is 9.59 Å². The van der Waals surface area contributed by atoms with Gasteiger partial charge in [0.05, 0.1) is 37.3 Å². The van der Waals surface area contributed by atoms with Gasteiger partial charge in [0, 0.05) is 23.5 Å². The van der Waals surface area contributed by atoms with Crippen LogP contribution in [0.15, 0.2) is 54.6 Å². The molecule has 4 N–H and O–H groups in total. The normalized spacial score (nSPS) is 20.4. The van der Waals surface area contributed by atoms with Crippen molar-refractivity contribution in [3.05, 3.63) is 71.4 Å². The van der Waals surface area contributed by atoms with Crippen molar-refractivity contribution >= 4 is 57.4 Å². The van der Waals surface area contributed by atoms with Crippen molar-refractivity contribution in [1.29, 1.82) is 0 Å². The average Bonchev–Trinajstić information content (AvgIpc) is 4.03. The van der Waals surface area contributed by atoms with Crippen LogP contribution >= 0.6 is 11.6 Å². The Morgan fingerprint density at radius 2 is 1.39 bits per heavy atom. The van der Waals surface area contributed by atoms with Crippen LogP contribution in [0.1, 0.15) is 84.5 Å². The lowest BCUT2D eigenvalue weighted by Crippen LogP contribution is -2.53. The average molecular weight is 825 g/mol. The Morgan fingerprint density at radius 1 is 0.780 bits per heavy atom. The molecule has 14 nitrogen and oxygen atoms in total. The third-order valence-corrected chi connectivity index (χ3v) is 12.3. The van der Waals surface area contributed by atoms with Crippen molar-refractivity contribution in [2.75, 3.05) is 20.8 Å². The second-order valence-electron chi connectivity index (χ2n) is 16.5. The monoisotopic (exact) mass is 824 g/mol. The second kappa shape index (κ2) is 16.9. The summed E-state index contributed by atoms with van der Waals surface area (Å²) in [5.74, 6) is 0.917. The van der Waals surface area contributed by atoms with Crippen LogP contribution in [0.25, 0.3) is 44.2 Å². The van der Waals surface area contributed by atoms with Crippen LogP contribution in [0, 0.1) is 17.8 Å². The SMILES string of the molecule is COC(=O)N[C@H](C(=O)N1CCC[C@H]1c1nc2c(ccc3cc(-c4ccc(-c5nc([C@@H]6C[C@@H](C)[C@@H](C)N6C(=O)[C@@H](NC(=O)OC)C(C)C)[nH]c5Cl)cc4)ccc32)[nH]1)C(C)C. The van der Waals surface area contributed by atoms with Crippen LogP contribution in [-0.4, -0.2) is 92.6 Å². The van der Waals surface area contributed by atoms with Crippen molar-refractivity contribution in [2.24, 2.45) is 17.8 Å². The zero-order valence-corrected chi connectivity index (χ0v) is 35.5. The van der Waals surface area contributed by atoms with E-state index in [1.54, 1.807) is 0 Å². The molecule has 6 atom stereocenters. The highest BCUT2D eigenvalue weighted by atomic mass is 35.5. The number of nitrogens with one attached hydrogen (secondary N) is 4. The van der Waals surface area contributed by atoms with Crippen LogP contribution < -0.4 is 10.6 Å². The number of carbonyl (C=O) groups excluding carboxylic acids is 4. The van der Waals surface area contributed by atoms with E-state index in [1.807, 2.05) is 74.8 Å². The first-order chi connectivity index (χ1) is 28.2. The van der Waals surface area contributed by atoms with Gasteiger partial charge >= 0.3 is 12.2 Å². The van der Waals surface area contributed by atoms with Gasteiger partial charge in [0.25, 0.3) is 0 Å². The summed E-state index contributed by atoms with van der Waals surface area (Å²) in [6, 6.07) is 16.3. The third kappa shape index (κ3) is 8.06. The predicted octanol–water partition coefficient (Wildman–Crippen LogP) is 8.15. The fraction of sp³-hybridized carbons (Fsp3) is 0.455. The molecule has 2 fully saturated rings. The Morgan fingerprint density at radius 3 is 2.03 bits per heavy atom. The third-order valence-electron chi connectivity index (χ3n) is 12.1. The molecular formula is C44H53ClN8O6. The van der Waals surface area contributed by atoms with Crippen LogP contribution in [0.4, 0.5) is 9.59 Å². The van der Waals surface area contributed by atoms with Gasteiger partial charge in [-0.1, -0.05) is 88.7 Å². The number of rotatable bonds is 10. The number of aromatic amines is 2. The summed E-state index contributed by atoms with van der Waals surface area (Å²) in [5.41, 5.74) is 5.19. The number of hydrogen-bond donors (Lipinski definition) is 4. The van der Waals surface area contributed by atoms with Crippen LogP contribution in [-0.2, 0) is 19.1 Å².